The molecule has 0 aromatic heterocycles. The maximum absolute atomic E-state index is 9.50. The van der Waals surface area contributed by atoms with Crippen molar-refractivity contribution in [3.63, 3.8) is 0 Å². The summed E-state index contributed by atoms with van der Waals surface area (Å²) < 4.78 is 0. The molecule has 0 radical (unpaired) electrons. The fourth-order valence-corrected chi connectivity index (χ4v) is 1.94. The van der Waals surface area contributed by atoms with E-state index in [-0.39, 0.29) is 12.6 Å². The summed E-state index contributed by atoms with van der Waals surface area (Å²) in [7, 11) is 0. The normalized spacial score (nSPS) is 12.1. The number of rotatable bonds is 4. The summed E-state index contributed by atoms with van der Waals surface area (Å²) in [5.41, 5.74) is 3.35. The summed E-state index contributed by atoms with van der Waals surface area (Å²) in [5.74, 6) is 0. The first-order chi connectivity index (χ1) is 8.31. The molecule has 88 valence electrons. The van der Waals surface area contributed by atoms with Crippen LogP contribution in [0.4, 0.5) is 5.69 Å². The molecule has 0 saturated carbocycles. The molecule has 0 heterocycles. The monoisotopic (exact) mass is 227 g/mol. The third-order valence-corrected chi connectivity index (χ3v) is 2.86. The first-order valence-corrected chi connectivity index (χ1v) is 5.79. The largest absolute Gasteiger partial charge is 0.394 e. The number of aryl methyl sites for hydroxylation is 1. The molecule has 0 aliphatic carbocycles. The van der Waals surface area contributed by atoms with Gasteiger partial charge in [0.15, 0.2) is 0 Å². The molecule has 0 saturated heterocycles. The van der Waals surface area contributed by atoms with Crippen LogP contribution in [-0.4, -0.2) is 11.7 Å². The lowest BCUT2D eigenvalue weighted by Crippen LogP contribution is -2.15. The Kier molecular flexibility index (Phi) is 3.78. The molecule has 2 aromatic rings. The van der Waals surface area contributed by atoms with Gasteiger partial charge in [0.05, 0.1) is 12.6 Å². The first kappa shape index (κ1) is 11.7. The maximum atomic E-state index is 9.50. The zero-order valence-electron chi connectivity index (χ0n) is 9.93. The second-order valence-electron chi connectivity index (χ2n) is 4.10. The number of hydrogen-bond donors (Lipinski definition) is 2. The molecular weight excluding hydrogens is 210 g/mol. The summed E-state index contributed by atoms with van der Waals surface area (Å²) in [6, 6.07) is 18.0. The van der Waals surface area contributed by atoms with Gasteiger partial charge in [-0.05, 0) is 30.2 Å². The van der Waals surface area contributed by atoms with Gasteiger partial charge < -0.3 is 10.4 Å². The van der Waals surface area contributed by atoms with E-state index in [4.69, 9.17) is 0 Å². The number of hydrogen-bond acceptors (Lipinski definition) is 2. The van der Waals surface area contributed by atoms with Crippen molar-refractivity contribution in [2.45, 2.75) is 13.0 Å². The van der Waals surface area contributed by atoms with Crippen LogP contribution in [0.3, 0.4) is 0 Å². The van der Waals surface area contributed by atoms with Crippen molar-refractivity contribution in [2.24, 2.45) is 0 Å². The minimum atomic E-state index is -0.0569. The third-order valence-electron chi connectivity index (χ3n) is 2.86. The van der Waals surface area contributed by atoms with Crippen LogP contribution in [-0.2, 0) is 0 Å². The van der Waals surface area contributed by atoms with Gasteiger partial charge in [-0.3, -0.25) is 0 Å². The molecular formula is C15H17NO. The van der Waals surface area contributed by atoms with Crippen molar-refractivity contribution >= 4 is 5.69 Å². The molecule has 0 spiro atoms. The van der Waals surface area contributed by atoms with Gasteiger partial charge in [0.25, 0.3) is 0 Å². The molecule has 2 aromatic carbocycles. The van der Waals surface area contributed by atoms with Gasteiger partial charge in [0, 0.05) is 5.69 Å². The van der Waals surface area contributed by atoms with E-state index < -0.39 is 0 Å². The Labute approximate surface area is 102 Å². The predicted octanol–water partition coefficient (Wildman–Crippen LogP) is 3.14. The standard InChI is InChI=1S/C15H17NO/c1-12-7-5-6-10-14(12)15(11-17)16-13-8-3-2-4-9-13/h2-10,15-17H,11H2,1H3. The van der Waals surface area contributed by atoms with Crippen molar-refractivity contribution in [3.8, 4) is 0 Å². The summed E-state index contributed by atoms with van der Waals surface area (Å²) in [4.78, 5) is 0. The summed E-state index contributed by atoms with van der Waals surface area (Å²) in [5, 5.41) is 12.8. The first-order valence-electron chi connectivity index (χ1n) is 5.79. The van der Waals surface area contributed by atoms with Crippen molar-refractivity contribution < 1.29 is 5.11 Å². The van der Waals surface area contributed by atoms with Crippen LogP contribution in [0.1, 0.15) is 17.2 Å². The van der Waals surface area contributed by atoms with E-state index in [2.05, 4.69) is 18.3 Å². The van der Waals surface area contributed by atoms with E-state index in [1.54, 1.807) is 0 Å². The van der Waals surface area contributed by atoms with Crippen LogP contribution in [0.25, 0.3) is 0 Å². The summed E-state index contributed by atoms with van der Waals surface area (Å²) in [6.45, 7) is 2.14. The fraction of sp³-hybridized carbons (Fsp3) is 0.200. The number of para-hydroxylation sites is 1. The number of nitrogens with one attached hydrogen (secondary N) is 1. The number of aliphatic hydroxyl groups is 1. The SMILES string of the molecule is Cc1ccccc1C(CO)Nc1ccccc1. The lowest BCUT2D eigenvalue weighted by molar-refractivity contribution is 0.276. The molecule has 0 fully saturated rings. The van der Waals surface area contributed by atoms with Gasteiger partial charge in [-0.15, -0.1) is 0 Å². The van der Waals surface area contributed by atoms with Crippen molar-refractivity contribution in [1.29, 1.82) is 0 Å². The Morgan fingerprint density at radius 2 is 1.65 bits per heavy atom. The molecule has 2 N–H and O–H groups in total. The molecule has 1 unspecified atom stereocenters. The zero-order chi connectivity index (χ0) is 12.1. The Morgan fingerprint density at radius 1 is 1.00 bits per heavy atom. The van der Waals surface area contributed by atoms with Crippen LogP contribution in [0.5, 0.6) is 0 Å². The van der Waals surface area contributed by atoms with E-state index in [0.29, 0.717) is 0 Å². The lowest BCUT2D eigenvalue weighted by atomic mass is 10.0. The number of aliphatic hydroxyl groups excluding tert-OH is 1. The Hall–Kier alpha value is -1.80. The molecule has 2 heteroatoms. The van der Waals surface area contributed by atoms with Crippen LogP contribution >= 0.6 is 0 Å². The van der Waals surface area contributed by atoms with Gasteiger partial charge in [-0.25, -0.2) is 0 Å². The van der Waals surface area contributed by atoms with Crippen LogP contribution in [0.2, 0.25) is 0 Å². The van der Waals surface area contributed by atoms with Gasteiger partial charge in [0.2, 0.25) is 0 Å². The lowest BCUT2D eigenvalue weighted by Gasteiger charge is -2.19. The van der Waals surface area contributed by atoms with Crippen molar-refractivity contribution in [1.82, 2.24) is 0 Å². The molecule has 0 aliphatic rings. The Bertz CT molecular complexity index is 467. The Balaban J connectivity index is 2.21. The quantitative estimate of drug-likeness (QED) is 0.841. The van der Waals surface area contributed by atoms with Crippen LogP contribution in [0.15, 0.2) is 54.6 Å². The van der Waals surface area contributed by atoms with E-state index in [1.807, 2.05) is 48.5 Å². The highest BCUT2D eigenvalue weighted by atomic mass is 16.3. The number of anilines is 1. The van der Waals surface area contributed by atoms with Gasteiger partial charge >= 0.3 is 0 Å². The molecule has 0 aliphatic heterocycles. The summed E-state index contributed by atoms with van der Waals surface area (Å²) in [6.07, 6.45) is 0. The van der Waals surface area contributed by atoms with Crippen LogP contribution in [0, 0.1) is 6.92 Å². The minimum absolute atomic E-state index is 0.0569. The minimum Gasteiger partial charge on any atom is -0.394 e. The van der Waals surface area contributed by atoms with Gasteiger partial charge in [-0.1, -0.05) is 42.5 Å². The van der Waals surface area contributed by atoms with Gasteiger partial charge in [-0.2, -0.15) is 0 Å². The molecule has 0 amide bonds. The van der Waals surface area contributed by atoms with E-state index >= 15 is 0 Å². The average molecular weight is 227 g/mol. The molecule has 2 nitrogen and oxygen atoms in total. The summed E-state index contributed by atoms with van der Waals surface area (Å²) >= 11 is 0. The highest BCUT2D eigenvalue weighted by Gasteiger charge is 2.11. The highest BCUT2D eigenvalue weighted by molar-refractivity contribution is 5.46. The predicted molar refractivity (Wildman–Crippen MR) is 71.1 cm³/mol. The Morgan fingerprint density at radius 3 is 2.29 bits per heavy atom. The second kappa shape index (κ2) is 5.51. The smallest absolute Gasteiger partial charge is 0.0747 e. The third kappa shape index (κ3) is 2.86. The van der Waals surface area contributed by atoms with Crippen molar-refractivity contribution in [2.75, 3.05) is 11.9 Å². The average Bonchev–Trinajstić information content (AvgIpc) is 2.38. The molecule has 0 bridgehead atoms. The van der Waals surface area contributed by atoms with E-state index in [1.165, 1.54) is 5.56 Å². The maximum Gasteiger partial charge on any atom is 0.0747 e. The van der Waals surface area contributed by atoms with Crippen molar-refractivity contribution in [3.05, 3.63) is 65.7 Å². The molecule has 2 rings (SSSR count). The highest BCUT2D eigenvalue weighted by Crippen LogP contribution is 2.21. The zero-order valence-corrected chi connectivity index (χ0v) is 9.93. The molecule has 17 heavy (non-hydrogen) atoms. The second-order valence-corrected chi connectivity index (χ2v) is 4.10. The topological polar surface area (TPSA) is 32.3 Å². The number of benzene rings is 2. The molecule has 1 atom stereocenters. The van der Waals surface area contributed by atoms with Crippen LogP contribution < -0.4 is 5.32 Å². The van der Waals surface area contributed by atoms with E-state index in [0.717, 1.165) is 11.3 Å². The van der Waals surface area contributed by atoms with Gasteiger partial charge in [0.1, 0.15) is 0 Å². The fourth-order valence-electron chi connectivity index (χ4n) is 1.94. The van der Waals surface area contributed by atoms with E-state index in [9.17, 15) is 5.11 Å².